The van der Waals surface area contributed by atoms with Crippen LogP contribution in [0.1, 0.15) is 41.4 Å². The number of rotatable bonds is 4. The third-order valence-corrected chi connectivity index (χ3v) is 5.35. The Labute approximate surface area is 165 Å². The Morgan fingerprint density at radius 3 is 2.82 bits per heavy atom. The highest BCUT2D eigenvalue weighted by molar-refractivity contribution is 5.95. The van der Waals surface area contributed by atoms with Crippen LogP contribution in [0.25, 0.3) is 11.2 Å². The zero-order chi connectivity index (χ0) is 19.7. The summed E-state index contributed by atoms with van der Waals surface area (Å²) >= 11 is 0. The maximum absolute atomic E-state index is 12.7. The van der Waals surface area contributed by atoms with Gasteiger partial charge in [0.15, 0.2) is 5.65 Å². The molecule has 0 bridgehead atoms. The molecule has 7 nitrogen and oxygen atoms in total. The number of carbonyl (C=O) groups is 1. The number of carbonyl (C=O) groups excluding carboxylic acids is 1. The van der Waals surface area contributed by atoms with Crippen LogP contribution >= 0.6 is 0 Å². The normalized spacial score (nSPS) is 15.6. The molecule has 4 rings (SSSR count). The molecule has 146 valence electrons. The first-order chi connectivity index (χ1) is 13.5. The minimum absolute atomic E-state index is 0. The van der Waals surface area contributed by atoms with Gasteiger partial charge in [-0.05, 0) is 63.7 Å². The van der Waals surface area contributed by atoms with E-state index in [1.807, 2.05) is 31.3 Å². The second kappa shape index (κ2) is 7.52. The van der Waals surface area contributed by atoms with Gasteiger partial charge < -0.3 is 10.2 Å². The molecule has 1 fully saturated rings. The van der Waals surface area contributed by atoms with Crippen LogP contribution in [-0.2, 0) is 0 Å². The number of hydrogen-bond acceptors (Lipinski definition) is 5. The van der Waals surface area contributed by atoms with Gasteiger partial charge in [-0.3, -0.25) is 9.78 Å². The van der Waals surface area contributed by atoms with Crippen molar-refractivity contribution in [2.75, 3.05) is 20.1 Å². The highest BCUT2D eigenvalue weighted by Crippen LogP contribution is 2.24. The van der Waals surface area contributed by atoms with Gasteiger partial charge >= 0.3 is 0 Å². The van der Waals surface area contributed by atoms with E-state index < -0.39 is 0 Å². The molecular weight excluding hydrogens is 352 g/mol. The topological polar surface area (TPSA) is 75.4 Å². The minimum Gasteiger partial charge on any atom is -0.349 e. The average molecular weight is 378 g/mol. The summed E-state index contributed by atoms with van der Waals surface area (Å²) < 4.78 is 1.71. The molecule has 1 saturated heterocycles. The summed E-state index contributed by atoms with van der Waals surface area (Å²) in [5.74, 6) is -0.0807. The summed E-state index contributed by atoms with van der Waals surface area (Å²) in [5, 5.41) is 7.32. The van der Waals surface area contributed by atoms with Gasteiger partial charge in [0, 0.05) is 36.7 Å². The number of pyridine rings is 2. The molecule has 7 heteroatoms. The Bertz CT molecular complexity index is 1040. The van der Waals surface area contributed by atoms with Crippen LogP contribution in [0.15, 0.2) is 43.5 Å². The molecule has 3 aromatic rings. The number of piperidine rings is 1. The maximum atomic E-state index is 12.7. The lowest BCUT2D eigenvalue weighted by molar-refractivity contribution is 0.0916. The Kier molecular flexibility index (Phi) is 4.92. The molecule has 1 aliphatic heterocycles. The molecule has 0 radical (unpaired) electrons. The van der Waals surface area contributed by atoms with Gasteiger partial charge in [-0.2, -0.15) is 5.10 Å². The molecule has 1 aliphatic rings. The van der Waals surface area contributed by atoms with E-state index in [2.05, 4.69) is 38.9 Å². The smallest absolute Gasteiger partial charge is 0.253 e. The molecule has 0 atom stereocenters. The van der Waals surface area contributed by atoms with Crippen molar-refractivity contribution in [1.29, 1.82) is 0 Å². The number of likely N-dealkylation sites (tertiary alicyclic amines) is 1. The Balaban J connectivity index is 0.00000240. The first-order valence-corrected chi connectivity index (χ1v) is 9.46. The third kappa shape index (κ3) is 3.66. The standard InChI is InChI=1S/C21H24N6O.H2/c1-14(16-4-5-20-23-13-24-27(20)12-16)19-10-17(11-22-15(19)2)21(28)25-18-6-8-26(3)9-7-18;/h4-5,10-13,18H,1,6-9H2,2-3H3,(H,25,28);1H. The van der Waals surface area contributed by atoms with Crippen molar-refractivity contribution in [3.63, 3.8) is 0 Å². The summed E-state index contributed by atoms with van der Waals surface area (Å²) in [6.07, 6.45) is 6.98. The number of amides is 1. The fourth-order valence-electron chi connectivity index (χ4n) is 3.54. The van der Waals surface area contributed by atoms with Crippen molar-refractivity contribution in [3.05, 3.63) is 65.9 Å². The molecule has 1 N–H and O–H groups in total. The van der Waals surface area contributed by atoms with E-state index in [0.29, 0.717) is 5.56 Å². The number of nitrogens with zero attached hydrogens (tertiary/aromatic N) is 5. The molecule has 4 heterocycles. The largest absolute Gasteiger partial charge is 0.349 e. The van der Waals surface area contributed by atoms with E-state index in [1.165, 1.54) is 6.33 Å². The molecule has 0 spiro atoms. The lowest BCUT2D eigenvalue weighted by atomic mass is 9.98. The van der Waals surface area contributed by atoms with E-state index in [4.69, 9.17) is 0 Å². The second-order valence-corrected chi connectivity index (χ2v) is 7.37. The highest BCUT2D eigenvalue weighted by Gasteiger charge is 2.20. The first kappa shape index (κ1) is 18.3. The maximum Gasteiger partial charge on any atom is 0.253 e. The molecule has 28 heavy (non-hydrogen) atoms. The van der Waals surface area contributed by atoms with Crippen molar-refractivity contribution in [1.82, 2.24) is 29.8 Å². The summed E-state index contributed by atoms with van der Waals surface area (Å²) in [6, 6.07) is 5.94. The lowest BCUT2D eigenvalue weighted by Gasteiger charge is -2.29. The number of aromatic nitrogens is 4. The van der Waals surface area contributed by atoms with E-state index >= 15 is 0 Å². The van der Waals surface area contributed by atoms with Crippen molar-refractivity contribution >= 4 is 17.1 Å². The zero-order valence-electron chi connectivity index (χ0n) is 16.2. The van der Waals surface area contributed by atoms with Crippen LogP contribution in [0.3, 0.4) is 0 Å². The van der Waals surface area contributed by atoms with Crippen molar-refractivity contribution in [3.8, 4) is 0 Å². The summed E-state index contributed by atoms with van der Waals surface area (Å²) in [5.41, 5.74) is 4.74. The van der Waals surface area contributed by atoms with Gasteiger partial charge in [-0.1, -0.05) is 6.58 Å². The molecule has 0 aromatic carbocycles. The molecule has 0 aliphatic carbocycles. The fraction of sp³-hybridized carbons (Fsp3) is 0.333. The van der Waals surface area contributed by atoms with Crippen molar-refractivity contribution in [2.45, 2.75) is 25.8 Å². The van der Waals surface area contributed by atoms with Gasteiger partial charge in [0.25, 0.3) is 5.91 Å². The molecule has 3 aromatic heterocycles. The number of aryl methyl sites for hydroxylation is 1. The minimum atomic E-state index is -0.0807. The summed E-state index contributed by atoms with van der Waals surface area (Å²) in [7, 11) is 2.11. The summed E-state index contributed by atoms with van der Waals surface area (Å²) in [4.78, 5) is 23.6. The molecular formula is C21H26N6O. The van der Waals surface area contributed by atoms with Crippen LogP contribution < -0.4 is 5.32 Å². The zero-order valence-corrected chi connectivity index (χ0v) is 16.2. The van der Waals surface area contributed by atoms with Crippen molar-refractivity contribution < 1.29 is 6.22 Å². The predicted molar refractivity (Wildman–Crippen MR) is 110 cm³/mol. The quantitative estimate of drug-likeness (QED) is 0.755. The average Bonchev–Trinajstić information content (AvgIpc) is 3.17. The molecule has 0 unspecified atom stereocenters. The molecule has 0 saturated carbocycles. The number of nitrogens with one attached hydrogen (secondary N) is 1. The SMILES string of the molecule is C=C(c1ccc2ncnn2c1)c1cc(C(=O)NC2CCN(C)CC2)cnc1C.[HH]. The van der Waals surface area contributed by atoms with E-state index in [-0.39, 0.29) is 13.4 Å². The predicted octanol–water partition coefficient (Wildman–Crippen LogP) is 2.56. The van der Waals surface area contributed by atoms with Gasteiger partial charge in [-0.25, -0.2) is 9.50 Å². The number of fused-ring (bicyclic) bond motifs is 1. The molecule has 1 amide bonds. The van der Waals surface area contributed by atoms with E-state index in [9.17, 15) is 4.79 Å². The summed E-state index contributed by atoms with van der Waals surface area (Å²) in [6.45, 7) is 8.16. The number of hydrogen-bond donors (Lipinski definition) is 1. The Morgan fingerprint density at radius 1 is 1.25 bits per heavy atom. The van der Waals surface area contributed by atoms with Crippen LogP contribution in [0.2, 0.25) is 0 Å². The Morgan fingerprint density at radius 2 is 2.04 bits per heavy atom. The van der Waals surface area contributed by atoms with Crippen LogP contribution in [0.5, 0.6) is 0 Å². The monoisotopic (exact) mass is 378 g/mol. The van der Waals surface area contributed by atoms with Crippen LogP contribution in [-0.4, -0.2) is 56.6 Å². The third-order valence-electron chi connectivity index (χ3n) is 5.35. The van der Waals surface area contributed by atoms with E-state index in [0.717, 1.165) is 54.0 Å². The van der Waals surface area contributed by atoms with E-state index in [1.54, 1.807) is 10.7 Å². The second-order valence-electron chi connectivity index (χ2n) is 7.37. The van der Waals surface area contributed by atoms with Crippen molar-refractivity contribution in [2.24, 2.45) is 0 Å². The van der Waals surface area contributed by atoms with Crippen LogP contribution in [0.4, 0.5) is 0 Å². The van der Waals surface area contributed by atoms with Gasteiger partial charge in [0.05, 0.1) is 5.56 Å². The van der Waals surface area contributed by atoms with Gasteiger partial charge in [0.2, 0.25) is 0 Å². The Hall–Kier alpha value is -3.06. The highest BCUT2D eigenvalue weighted by atomic mass is 16.1. The first-order valence-electron chi connectivity index (χ1n) is 9.46. The van der Waals surface area contributed by atoms with Gasteiger partial charge in [-0.15, -0.1) is 0 Å². The van der Waals surface area contributed by atoms with Crippen LogP contribution in [0, 0.1) is 6.92 Å². The lowest BCUT2D eigenvalue weighted by Crippen LogP contribution is -2.43. The fourth-order valence-corrected chi connectivity index (χ4v) is 3.54. The van der Waals surface area contributed by atoms with Gasteiger partial charge in [0.1, 0.15) is 6.33 Å².